The molecule has 1 aliphatic rings. The van der Waals surface area contributed by atoms with Crippen LogP contribution in [0.15, 0.2) is 59.8 Å². The molecule has 0 radical (unpaired) electrons. The zero-order chi connectivity index (χ0) is 23.2. The number of benzene rings is 2. The van der Waals surface area contributed by atoms with Crippen molar-refractivity contribution in [3.8, 4) is 11.4 Å². The fourth-order valence-electron chi connectivity index (χ4n) is 4.52. The molecule has 0 bridgehead atoms. The van der Waals surface area contributed by atoms with Gasteiger partial charge in [-0.15, -0.1) is 10.2 Å². The summed E-state index contributed by atoms with van der Waals surface area (Å²) in [6.45, 7) is 6.90. The molecule has 4 rings (SSSR count). The molecule has 1 aromatic heterocycles. The second kappa shape index (κ2) is 10.9. The van der Waals surface area contributed by atoms with Gasteiger partial charge < -0.3 is 9.64 Å². The average Bonchev–Trinajstić information content (AvgIpc) is 3.21. The second-order valence-electron chi connectivity index (χ2n) is 8.54. The van der Waals surface area contributed by atoms with Crippen LogP contribution in [0.4, 0.5) is 0 Å². The number of thioether (sulfide) groups is 1. The Kier molecular flexibility index (Phi) is 7.70. The molecular weight excluding hydrogens is 432 g/mol. The molecule has 33 heavy (non-hydrogen) atoms. The number of ether oxygens (including phenoxy) is 1. The molecule has 1 fully saturated rings. The Balaban J connectivity index is 1.58. The predicted octanol–water partition coefficient (Wildman–Crippen LogP) is 5.14. The van der Waals surface area contributed by atoms with Crippen LogP contribution in [-0.2, 0) is 11.2 Å². The van der Waals surface area contributed by atoms with Gasteiger partial charge in [0.15, 0.2) is 5.16 Å². The van der Waals surface area contributed by atoms with Crippen LogP contribution in [0, 0.1) is 0 Å². The third kappa shape index (κ3) is 5.58. The molecule has 0 spiro atoms. The van der Waals surface area contributed by atoms with E-state index < -0.39 is 0 Å². The molecule has 0 N–H and O–H groups in total. The third-order valence-electron chi connectivity index (χ3n) is 6.12. The Morgan fingerprint density at radius 2 is 1.73 bits per heavy atom. The minimum atomic E-state index is 0.172. The van der Waals surface area contributed by atoms with Crippen molar-refractivity contribution in [2.75, 3.05) is 12.4 Å². The lowest BCUT2D eigenvalue weighted by Gasteiger charge is -2.39. The van der Waals surface area contributed by atoms with E-state index in [1.165, 1.54) is 23.7 Å². The van der Waals surface area contributed by atoms with Crippen LogP contribution < -0.4 is 4.74 Å². The molecule has 2 aromatic carbocycles. The Morgan fingerprint density at radius 3 is 2.39 bits per heavy atom. The van der Waals surface area contributed by atoms with E-state index in [0.717, 1.165) is 35.3 Å². The maximum atomic E-state index is 13.1. The van der Waals surface area contributed by atoms with Gasteiger partial charge in [0.2, 0.25) is 5.91 Å². The first-order chi connectivity index (χ1) is 16.1. The number of carbonyl (C=O) groups is 1. The Labute approximate surface area is 200 Å². The number of rotatable bonds is 8. The van der Waals surface area contributed by atoms with Crippen LogP contribution in [0.1, 0.15) is 51.4 Å². The van der Waals surface area contributed by atoms with Crippen LogP contribution in [0.3, 0.4) is 0 Å². The van der Waals surface area contributed by atoms with Crippen molar-refractivity contribution in [1.29, 1.82) is 0 Å². The first kappa shape index (κ1) is 23.4. The smallest absolute Gasteiger partial charge is 0.233 e. The normalized spacial score (nSPS) is 18.3. The maximum absolute atomic E-state index is 13.1. The number of aromatic nitrogens is 3. The van der Waals surface area contributed by atoms with Gasteiger partial charge in [-0.3, -0.25) is 9.36 Å². The molecule has 2 heterocycles. The van der Waals surface area contributed by atoms with Crippen molar-refractivity contribution in [1.82, 2.24) is 19.7 Å². The number of piperidine rings is 1. The number of likely N-dealkylation sites (tertiary alicyclic amines) is 1. The van der Waals surface area contributed by atoms with Crippen molar-refractivity contribution in [2.45, 2.75) is 63.7 Å². The van der Waals surface area contributed by atoms with E-state index in [2.05, 4.69) is 45.6 Å². The predicted molar refractivity (Wildman–Crippen MR) is 132 cm³/mol. The number of hydrogen-bond acceptors (Lipinski definition) is 5. The van der Waals surface area contributed by atoms with Crippen LogP contribution >= 0.6 is 11.8 Å². The molecule has 1 amide bonds. The summed E-state index contributed by atoms with van der Waals surface area (Å²) in [6.07, 6.45) is 4.00. The zero-order valence-electron chi connectivity index (χ0n) is 19.6. The van der Waals surface area contributed by atoms with E-state index in [0.29, 0.717) is 30.9 Å². The van der Waals surface area contributed by atoms with Crippen molar-refractivity contribution in [2.24, 2.45) is 0 Å². The van der Waals surface area contributed by atoms with Gasteiger partial charge in [-0.05, 0) is 69.9 Å². The fraction of sp³-hybridized carbons (Fsp3) is 0.423. The molecule has 0 saturated carbocycles. The Hall–Kier alpha value is -2.80. The Morgan fingerprint density at radius 1 is 1.03 bits per heavy atom. The monoisotopic (exact) mass is 464 g/mol. The van der Waals surface area contributed by atoms with E-state index in [9.17, 15) is 4.79 Å². The summed E-state index contributed by atoms with van der Waals surface area (Å²) in [7, 11) is 0. The molecule has 6 nitrogen and oxygen atoms in total. The fourth-order valence-corrected chi connectivity index (χ4v) is 5.36. The van der Waals surface area contributed by atoms with Gasteiger partial charge in [0.1, 0.15) is 11.6 Å². The van der Waals surface area contributed by atoms with E-state index in [1.807, 2.05) is 49.4 Å². The first-order valence-electron chi connectivity index (χ1n) is 11.7. The molecule has 7 heteroatoms. The van der Waals surface area contributed by atoms with Gasteiger partial charge in [-0.25, -0.2) is 0 Å². The molecule has 0 aliphatic carbocycles. The SMILES string of the molecule is CCOc1ccc(-n2c(Cc3ccccc3)nnc2SCC(=O)N2C(C)CCCC2C)cc1. The largest absolute Gasteiger partial charge is 0.494 e. The van der Waals surface area contributed by atoms with Gasteiger partial charge in [-0.2, -0.15) is 0 Å². The molecule has 3 aromatic rings. The van der Waals surface area contributed by atoms with Crippen molar-refractivity contribution in [3.05, 3.63) is 66.0 Å². The highest BCUT2D eigenvalue weighted by molar-refractivity contribution is 7.99. The first-order valence-corrected chi connectivity index (χ1v) is 12.7. The summed E-state index contributed by atoms with van der Waals surface area (Å²) in [5.74, 6) is 2.21. The second-order valence-corrected chi connectivity index (χ2v) is 9.48. The lowest BCUT2D eigenvalue weighted by Crippen LogP contribution is -2.48. The van der Waals surface area contributed by atoms with Gasteiger partial charge in [0, 0.05) is 24.2 Å². The van der Waals surface area contributed by atoms with Crippen LogP contribution in [0.5, 0.6) is 5.75 Å². The summed E-state index contributed by atoms with van der Waals surface area (Å²) in [6, 6.07) is 18.8. The third-order valence-corrected chi connectivity index (χ3v) is 7.03. The van der Waals surface area contributed by atoms with E-state index in [-0.39, 0.29) is 5.91 Å². The summed E-state index contributed by atoms with van der Waals surface area (Å²) in [5, 5.41) is 9.71. The zero-order valence-corrected chi connectivity index (χ0v) is 20.4. The van der Waals surface area contributed by atoms with Crippen molar-refractivity contribution >= 4 is 17.7 Å². The summed E-state index contributed by atoms with van der Waals surface area (Å²) < 4.78 is 7.66. The highest BCUT2D eigenvalue weighted by Gasteiger charge is 2.29. The van der Waals surface area contributed by atoms with Crippen molar-refractivity contribution in [3.63, 3.8) is 0 Å². The summed E-state index contributed by atoms with van der Waals surface area (Å²) in [4.78, 5) is 15.1. The molecule has 1 saturated heterocycles. The molecular formula is C26H32N4O2S. The standard InChI is InChI=1S/C26H32N4O2S/c1-4-32-23-15-13-22(14-16-23)30-24(17-21-11-6-5-7-12-21)27-28-26(30)33-18-25(31)29-19(2)9-8-10-20(29)3/h5-7,11-16,19-20H,4,8-10,17-18H2,1-3H3. The minimum absolute atomic E-state index is 0.172. The lowest BCUT2D eigenvalue weighted by atomic mass is 9.98. The van der Waals surface area contributed by atoms with Crippen LogP contribution in [0.2, 0.25) is 0 Å². The molecule has 1 aliphatic heterocycles. The highest BCUT2D eigenvalue weighted by atomic mass is 32.2. The quantitative estimate of drug-likeness (QED) is 0.432. The molecule has 174 valence electrons. The highest BCUT2D eigenvalue weighted by Crippen LogP contribution is 2.28. The summed E-state index contributed by atoms with van der Waals surface area (Å²) in [5.41, 5.74) is 2.13. The van der Waals surface area contributed by atoms with Crippen LogP contribution in [-0.4, -0.2) is 50.0 Å². The maximum Gasteiger partial charge on any atom is 0.233 e. The number of amides is 1. The number of hydrogen-bond donors (Lipinski definition) is 0. The van der Waals surface area contributed by atoms with E-state index >= 15 is 0 Å². The van der Waals surface area contributed by atoms with Crippen LogP contribution in [0.25, 0.3) is 5.69 Å². The number of carbonyl (C=O) groups excluding carboxylic acids is 1. The topological polar surface area (TPSA) is 60.2 Å². The lowest BCUT2D eigenvalue weighted by molar-refractivity contribution is -0.134. The van der Waals surface area contributed by atoms with Crippen molar-refractivity contribution < 1.29 is 9.53 Å². The molecule has 2 unspecified atom stereocenters. The van der Waals surface area contributed by atoms with Gasteiger partial charge >= 0.3 is 0 Å². The van der Waals surface area contributed by atoms with E-state index in [4.69, 9.17) is 4.74 Å². The van der Waals surface area contributed by atoms with Gasteiger partial charge in [0.05, 0.1) is 12.4 Å². The van der Waals surface area contributed by atoms with Gasteiger partial charge in [-0.1, -0.05) is 42.1 Å². The minimum Gasteiger partial charge on any atom is -0.494 e. The average molecular weight is 465 g/mol. The number of nitrogens with zero attached hydrogens (tertiary/aromatic N) is 4. The van der Waals surface area contributed by atoms with E-state index in [1.54, 1.807) is 0 Å². The molecule has 2 atom stereocenters. The van der Waals surface area contributed by atoms with Gasteiger partial charge in [0.25, 0.3) is 0 Å². The Bertz CT molecular complexity index is 1040. The summed E-state index contributed by atoms with van der Waals surface area (Å²) >= 11 is 1.46.